The summed E-state index contributed by atoms with van der Waals surface area (Å²) >= 11 is 0. The molecule has 0 spiro atoms. The minimum Gasteiger partial charge on any atom is -0.369 e. The molecule has 0 bridgehead atoms. The highest BCUT2D eigenvalue weighted by molar-refractivity contribution is 5.07. The molecule has 1 saturated heterocycles. The van der Waals surface area contributed by atoms with Gasteiger partial charge in [0.25, 0.3) is 5.56 Å². The third-order valence-electron chi connectivity index (χ3n) is 3.31. The van der Waals surface area contributed by atoms with Gasteiger partial charge in [0.1, 0.15) is 11.9 Å². The number of H-pyrrole nitrogens is 2. The lowest BCUT2D eigenvalue weighted by molar-refractivity contribution is -0.0355. The number of nitrogens with zero attached hydrogens (tertiary/aromatic N) is 3. The van der Waals surface area contributed by atoms with Gasteiger partial charge in [-0.15, -0.1) is 0 Å². The first-order valence-electron chi connectivity index (χ1n) is 6.61. The Bertz CT molecular complexity index is 622. The SMILES string of the molecule is Cc1nc([C@H]2CN(Cc3ccn[nH]3)CCO2)cc(=O)[nH]1. The second-order valence-electron chi connectivity index (χ2n) is 4.93. The van der Waals surface area contributed by atoms with Crippen molar-refractivity contribution in [3.63, 3.8) is 0 Å². The monoisotopic (exact) mass is 275 g/mol. The van der Waals surface area contributed by atoms with Crippen LogP contribution in [0.5, 0.6) is 0 Å². The van der Waals surface area contributed by atoms with Gasteiger partial charge in [-0.25, -0.2) is 4.98 Å². The van der Waals surface area contributed by atoms with E-state index >= 15 is 0 Å². The minimum atomic E-state index is -0.160. The Morgan fingerprint density at radius 2 is 2.45 bits per heavy atom. The van der Waals surface area contributed by atoms with E-state index in [0.717, 1.165) is 25.3 Å². The summed E-state index contributed by atoms with van der Waals surface area (Å²) in [5.41, 5.74) is 1.63. The van der Waals surface area contributed by atoms with Crippen molar-refractivity contribution < 1.29 is 4.74 Å². The summed E-state index contributed by atoms with van der Waals surface area (Å²) in [6.07, 6.45) is 1.59. The molecular formula is C13H17N5O2. The fraction of sp³-hybridized carbons (Fsp3) is 0.462. The van der Waals surface area contributed by atoms with E-state index in [9.17, 15) is 4.79 Å². The molecule has 2 aromatic heterocycles. The highest BCUT2D eigenvalue weighted by Crippen LogP contribution is 2.20. The van der Waals surface area contributed by atoms with Crippen molar-refractivity contribution in [2.75, 3.05) is 19.7 Å². The molecule has 0 radical (unpaired) electrons. The Balaban J connectivity index is 1.72. The van der Waals surface area contributed by atoms with Gasteiger partial charge in [-0.3, -0.25) is 14.8 Å². The molecule has 0 aliphatic carbocycles. The van der Waals surface area contributed by atoms with E-state index in [1.807, 2.05) is 6.07 Å². The van der Waals surface area contributed by atoms with E-state index in [-0.39, 0.29) is 11.7 Å². The maximum atomic E-state index is 11.5. The summed E-state index contributed by atoms with van der Waals surface area (Å²) < 4.78 is 5.74. The number of hydrogen-bond acceptors (Lipinski definition) is 5. The summed E-state index contributed by atoms with van der Waals surface area (Å²) in [5.74, 6) is 0.613. The van der Waals surface area contributed by atoms with E-state index in [0.29, 0.717) is 18.1 Å². The highest BCUT2D eigenvalue weighted by atomic mass is 16.5. The van der Waals surface area contributed by atoms with Gasteiger partial charge in [0.15, 0.2) is 0 Å². The van der Waals surface area contributed by atoms with Gasteiger partial charge in [-0.1, -0.05) is 0 Å². The molecular weight excluding hydrogens is 258 g/mol. The van der Waals surface area contributed by atoms with Crippen LogP contribution in [0.15, 0.2) is 23.1 Å². The number of aryl methyl sites for hydroxylation is 1. The van der Waals surface area contributed by atoms with Crippen LogP contribution < -0.4 is 5.56 Å². The summed E-state index contributed by atoms with van der Waals surface area (Å²) in [6, 6.07) is 3.47. The van der Waals surface area contributed by atoms with Gasteiger partial charge < -0.3 is 9.72 Å². The molecule has 1 fully saturated rings. The second kappa shape index (κ2) is 5.56. The third kappa shape index (κ3) is 2.94. The van der Waals surface area contributed by atoms with Crippen molar-refractivity contribution in [3.8, 4) is 0 Å². The fourth-order valence-electron chi connectivity index (χ4n) is 2.41. The molecule has 7 nitrogen and oxygen atoms in total. The summed E-state index contributed by atoms with van der Waals surface area (Å²) in [4.78, 5) is 20.8. The van der Waals surface area contributed by atoms with Gasteiger partial charge in [-0.05, 0) is 13.0 Å². The molecule has 1 atom stereocenters. The number of aromatic nitrogens is 4. The molecule has 0 unspecified atom stereocenters. The zero-order valence-electron chi connectivity index (χ0n) is 11.3. The van der Waals surface area contributed by atoms with Gasteiger partial charge >= 0.3 is 0 Å². The average Bonchev–Trinajstić information content (AvgIpc) is 2.91. The van der Waals surface area contributed by atoms with Crippen molar-refractivity contribution in [2.45, 2.75) is 19.6 Å². The van der Waals surface area contributed by atoms with Crippen molar-refractivity contribution in [2.24, 2.45) is 0 Å². The van der Waals surface area contributed by atoms with Crippen LogP contribution in [0.3, 0.4) is 0 Å². The molecule has 7 heteroatoms. The van der Waals surface area contributed by atoms with Crippen LogP contribution in [0, 0.1) is 6.92 Å². The standard InChI is InChI=1S/C13H17N5O2/c1-9-15-11(6-13(19)16-9)12-8-18(4-5-20-12)7-10-2-3-14-17-10/h2-3,6,12H,4-5,7-8H2,1H3,(H,14,17)(H,15,16,19)/t12-/m1/s1. The van der Waals surface area contributed by atoms with Crippen LogP contribution in [0.1, 0.15) is 23.3 Å². The summed E-state index contributed by atoms with van der Waals surface area (Å²) in [6.45, 7) is 4.77. The van der Waals surface area contributed by atoms with Gasteiger partial charge in [0.2, 0.25) is 0 Å². The van der Waals surface area contributed by atoms with Crippen molar-refractivity contribution in [3.05, 3.63) is 45.9 Å². The molecule has 2 aromatic rings. The summed E-state index contributed by atoms with van der Waals surface area (Å²) in [5, 5.41) is 6.90. The number of aromatic amines is 2. The number of hydrogen-bond donors (Lipinski definition) is 2. The summed E-state index contributed by atoms with van der Waals surface area (Å²) in [7, 11) is 0. The number of ether oxygens (including phenoxy) is 1. The molecule has 0 aromatic carbocycles. The number of rotatable bonds is 3. The molecule has 106 valence electrons. The van der Waals surface area contributed by atoms with Gasteiger partial charge in [-0.2, -0.15) is 5.10 Å². The van der Waals surface area contributed by atoms with E-state index in [4.69, 9.17) is 4.74 Å². The highest BCUT2D eigenvalue weighted by Gasteiger charge is 2.23. The maximum absolute atomic E-state index is 11.5. The Kier molecular flexibility index (Phi) is 3.62. The van der Waals surface area contributed by atoms with Crippen molar-refractivity contribution in [1.82, 2.24) is 25.1 Å². The van der Waals surface area contributed by atoms with Gasteiger partial charge in [0.05, 0.1) is 12.3 Å². The minimum absolute atomic E-state index is 0.137. The van der Waals surface area contributed by atoms with E-state index in [1.165, 1.54) is 6.07 Å². The first kappa shape index (κ1) is 13.0. The molecule has 0 amide bonds. The van der Waals surface area contributed by atoms with Crippen LogP contribution in [-0.2, 0) is 11.3 Å². The van der Waals surface area contributed by atoms with Crippen molar-refractivity contribution in [1.29, 1.82) is 0 Å². The van der Waals surface area contributed by atoms with Crippen molar-refractivity contribution >= 4 is 0 Å². The predicted octanol–water partition coefficient (Wildman–Crippen LogP) is 0.375. The third-order valence-corrected chi connectivity index (χ3v) is 3.31. The van der Waals surface area contributed by atoms with Gasteiger partial charge in [0, 0.05) is 37.6 Å². The van der Waals surface area contributed by atoms with E-state index < -0.39 is 0 Å². The molecule has 0 saturated carbocycles. The maximum Gasteiger partial charge on any atom is 0.251 e. The topological polar surface area (TPSA) is 86.9 Å². The molecule has 20 heavy (non-hydrogen) atoms. The molecule has 2 N–H and O–H groups in total. The normalized spacial score (nSPS) is 20.1. The number of nitrogens with one attached hydrogen (secondary N) is 2. The first-order valence-corrected chi connectivity index (χ1v) is 6.61. The molecule has 3 heterocycles. The van der Waals surface area contributed by atoms with Crippen LogP contribution in [0.25, 0.3) is 0 Å². The van der Waals surface area contributed by atoms with E-state index in [2.05, 4.69) is 25.1 Å². The fourth-order valence-corrected chi connectivity index (χ4v) is 2.41. The zero-order valence-corrected chi connectivity index (χ0v) is 11.3. The van der Waals surface area contributed by atoms with Crippen LogP contribution in [0.2, 0.25) is 0 Å². The molecule has 1 aliphatic heterocycles. The van der Waals surface area contributed by atoms with Crippen LogP contribution in [-0.4, -0.2) is 44.8 Å². The zero-order chi connectivity index (χ0) is 13.9. The molecule has 3 rings (SSSR count). The number of morpholine rings is 1. The Morgan fingerprint density at radius 1 is 1.55 bits per heavy atom. The predicted molar refractivity (Wildman–Crippen MR) is 72.2 cm³/mol. The van der Waals surface area contributed by atoms with E-state index in [1.54, 1.807) is 13.1 Å². The van der Waals surface area contributed by atoms with Crippen LogP contribution in [0.4, 0.5) is 0 Å². The quantitative estimate of drug-likeness (QED) is 0.845. The Hall–Kier alpha value is -1.99. The second-order valence-corrected chi connectivity index (χ2v) is 4.93. The van der Waals surface area contributed by atoms with Crippen LogP contribution >= 0.6 is 0 Å². The average molecular weight is 275 g/mol. The largest absolute Gasteiger partial charge is 0.369 e. The molecule has 1 aliphatic rings. The Morgan fingerprint density at radius 3 is 3.20 bits per heavy atom. The Labute approximate surface area is 116 Å². The lowest BCUT2D eigenvalue weighted by Gasteiger charge is -2.32. The smallest absolute Gasteiger partial charge is 0.251 e. The first-order chi connectivity index (χ1) is 9.70. The lowest BCUT2D eigenvalue weighted by atomic mass is 10.2. The lowest BCUT2D eigenvalue weighted by Crippen LogP contribution is -2.38.